The van der Waals surface area contributed by atoms with Crippen molar-refractivity contribution < 1.29 is 4.74 Å². The van der Waals surface area contributed by atoms with Crippen molar-refractivity contribution in [1.29, 1.82) is 0 Å². The fourth-order valence-electron chi connectivity index (χ4n) is 2.76. The van der Waals surface area contributed by atoms with E-state index in [1.807, 2.05) is 18.3 Å². The molecule has 1 saturated heterocycles. The molecule has 2 unspecified atom stereocenters. The van der Waals surface area contributed by atoms with E-state index in [1.165, 1.54) is 12.8 Å². The van der Waals surface area contributed by atoms with Gasteiger partial charge in [0.25, 0.3) is 0 Å². The van der Waals surface area contributed by atoms with Gasteiger partial charge in [0.05, 0.1) is 7.11 Å². The Kier molecular flexibility index (Phi) is 4.42. The topological polar surface area (TPSA) is 51.4 Å². The van der Waals surface area contributed by atoms with Crippen molar-refractivity contribution >= 4 is 5.82 Å². The molecule has 0 radical (unpaired) electrons. The summed E-state index contributed by atoms with van der Waals surface area (Å²) in [5, 5.41) is 0. The van der Waals surface area contributed by atoms with Crippen LogP contribution in [0.15, 0.2) is 18.3 Å². The standard InChI is InChI=1S/C14H23N3O/c1-3-11-6-8-17(12(9-11)10-15)14-13(18-2)5-4-7-16-14/h4-5,7,11-12H,3,6,8-10,15H2,1-2H3. The van der Waals surface area contributed by atoms with Crippen LogP contribution >= 0.6 is 0 Å². The van der Waals surface area contributed by atoms with Gasteiger partial charge >= 0.3 is 0 Å². The van der Waals surface area contributed by atoms with Gasteiger partial charge in [-0.15, -0.1) is 0 Å². The molecule has 2 rings (SSSR count). The number of anilines is 1. The van der Waals surface area contributed by atoms with Gasteiger partial charge in [-0.05, 0) is 30.9 Å². The van der Waals surface area contributed by atoms with Crippen LogP contribution in [-0.2, 0) is 0 Å². The summed E-state index contributed by atoms with van der Waals surface area (Å²) in [5.41, 5.74) is 5.93. The van der Waals surface area contributed by atoms with Gasteiger partial charge in [-0.3, -0.25) is 0 Å². The first-order valence-corrected chi connectivity index (χ1v) is 6.75. The van der Waals surface area contributed by atoms with E-state index < -0.39 is 0 Å². The Bertz CT molecular complexity index is 383. The second-order valence-electron chi connectivity index (χ2n) is 4.91. The highest BCUT2D eigenvalue weighted by molar-refractivity contribution is 5.53. The molecule has 4 heteroatoms. The van der Waals surface area contributed by atoms with Gasteiger partial charge in [0, 0.05) is 25.3 Å². The van der Waals surface area contributed by atoms with E-state index in [-0.39, 0.29) is 0 Å². The number of pyridine rings is 1. The lowest BCUT2D eigenvalue weighted by Crippen LogP contribution is -2.47. The van der Waals surface area contributed by atoms with Gasteiger partial charge in [0.15, 0.2) is 11.6 Å². The lowest BCUT2D eigenvalue weighted by Gasteiger charge is -2.40. The summed E-state index contributed by atoms with van der Waals surface area (Å²) in [6, 6.07) is 4.24. The number of methoxy groups -OCH3 is 1. The van der Waals surface area contributed by atoms with E-state index in [0.29, 0.717) is 12.6 Å². The average Bonchev–Trinajstić information content (AvgIpc) is 2.46. The lowest BCUT2D eigenvalue weighted by atomic mass is 9.89. The van der Waals surface area contributed by atoms with E-state index in [1.54, 1.807) is 7.11 Å². The maximum Gasteiger partial charge on any atom is 0.171 e. The molecule has 0 aromatic carbocycles. The second kappa shape index (κ2) is 6.05. The van der Waals surface area contributed by atoms with Crippen LogP contribution in [0.2, 0.25) is 0 Å². The third kappa shape index (κ3) is 2.58. The van der Waals surface area contributed by atoms with Crippen molar-refractivity contribution in [2.45, 2.75) is 32.2 Å². The third-order valence-corrected chi connectivity index (χ3v) is 3.92. The molecule has 4 nitrogen and oxygen atoms in total. The Hall–Kier alpha value is -1.29. The number of nitrogens with two attached hydrogens (primary N) is 1. The van der Waals surface area contributed by atoms with Crippen LogP contribution in [0.3, 0.4) is 0 Å². The molecule has 18 heavy (non-hydrogen) atoms. The van der Waals surface area contributed by atoms with Crippen molar-refractivity contribution in [3.8, 4) is 5.75 Å². The molecule has 1 aliphatic heterocycles. The number of hydrogen-bond acceptors (Lipinski definition) is 4. The molecule has 2 atom stereocenters. The predicted molar refractivity (Wildman–Crippen MR) is 74.0 cm³/mol. The zero-order valence-electron chi connectivity index (χ0n) is 11.3. The lowest BCUT2D eigenvalue weighted by molar-refractivity contribution is 0.329. The van der Waals surface area contributed by atoms with Gasteiger partial charge in [-0.2, -0.15) is 0 Å². The average molecular weight is 249 g/mol. The minimum absolute atomic E-state index is 0.382. The maximum atomic E-state index is 5.93. The first-order valence-electron chi connectivity index (χ1n) is 6.75. The highest BCUT2D eigenvalue weighted by atomic mass is 16.5. The number of hydrogen-bond donors (Lipinski definition) is 1. The van der Waals surface area contributed by atoms with Crippen molar-refractivity contribution in [1.82, 2.24) is 4.98 Å². The van der Waals surface area contributed by atoms with Crippen molar-refractivity contribution in [2.75, 3.05) is 25.1 Å². The normalized spacial score (nSPS) is 24.1. The van der Waals surface area contributed by atoms with Crippen molar-refractivity contribution in [3.05, 3.63) is 18.3 Å². The number of nitrogens with zero attached hydrogens (tertiary/aromatic N) is 2. The molecule has 1 fully saturated rings. The Morgan fingerprint density at radius 1 is 1.56 bits per heavy atom. The molecular formula is C14H23N3O. The van der Waals surface area contributed by atoms with Gasteiger partial charge < -0.3 is 15.4 Å². The van der Waals surface area contributed by atoms with Crippen molar-refractivity contribution in [2.24, 2.45) is 11.7 Å². The Morgan fingerprint density at radius 3 is 3.06 bits per heavy atom. The van der Waals surface area contributed by atoms with Gasteiger partial charge in [0.2, 0.25) is 0 Å². The van der Waals surface area contributed by atoms with Crippen LogP contribution in [0.4, 0.5) is 5.82 Å². The summed E-state index contributed by atoms with van der Waals surface area (Å²) < 4.78 is 5.40. The molecule has 0 bridgehead atoms. The Balaban J connectivity index is 2.21. The SMILES string of the molecule is CCC1CCN(c2ncccc2OC)C(CN)C1. The molecule has 1 aromatic heterocycles. The summed E-state index contributed by atoms with van der Waals surface area (Å²) in [4.78, 5) is 6.78. The quantitative estimate of drug-likeness (QED) is 0.887. The van der Waals surface area contributed by atoms with Gasteiger partial charge in [-0.25, -0.2) is 4.98 Å². The molecular weight excluding hydrogens is 226 g/mol. The van der Waals surface area contributed by atoms with E-state index in [9.17, 15) is 0 Å². The molecule has 0 spiro atoms. The Labute approximate surface area is 109 Å². The van der Waals surface area contributed by atoms with E-state index in [0.717, 1.165) is 30.5 Å². The number of aromatic nitrogens is 1. The number of rotatable bonds is 4. The number of piperidine rings is 1. The third-order valence-electron chi connectivity index (χ3n) is 3.92. The van der Waals surface area contributed by atoms with E-state index >= 15 is 0 Å². The first-order chi connectivity index (χ1) is 8.80. The monoisotopic (exact) mass is 249 g/mol. The molecule has 2 N–H and O–H groups in total. The largest absolute Gasteiger partial charge is 0.493 e. The smallest absolute Gasteiger partial charge is 0.171 e. The minimum Gasteiger partial charge on any atom is -0.493 e. The van der Waals surface area contributed by atoms with Crippen LogP contribution < -0.4 is 15.4 Å². The first kappa shape index (κ1) is 13.1. The van der Waals surface area contributed by atoms with E-state index in [2.05, 4.69) is 16.8 Å². The van der Waals surface area contributed by atoms with Crippen LogP contribution in [0.1, 0.15) is 26.2 Å². The maximum absolute atomic E-state index is 5.93. The molecule has 0 aliphatic carbocycles. The van der Waals surface area contributed by atoms with Crippen molar-refractivity contribution in [3.63, 3.8) is 0 Å². The summed E-state index contributed by atoms with van der Waals surface area (Å²) in [5.74, 6) is 2.57. The summed E-state index contributed by atoms with van der Waals surface area (Å²) in [6.45, 7) is 3.96. The number of ether oxygens (including phenoxy) is 1. The molecule has 0 saturated carbocycles. The zero-order chi connectivity index (χ0) is 13.0. The van der Waals surface area contributed by atoms with Gasteiger partial charge in [-0.1, -0.05) is 13.3 Å². The highest BCUT2D eigenvalue weighted by Gasteiger charge is 2.29. The second-order valence-corrected chi connectivity index (χ2v) is 4.91. The van der Waals surface area contributed by atoms with Crippen LogP contribution in [0, 0.1) is 5.92 Å². The summed E-state index contributed by atoms with van der Waals surface area (Å²) in [6.07, 6.45) is 5.43. The summed E-state index contributed by atoms with van der Waals surface area (Å²) >= 11 is 0. The van der Waals surface area contributed by atoms with E-state index in [4.69, 9.17) is 10.5 Å². The summed E-state index contributed by atoms with van der Waals surface area (Å²) in [7, 11) is 1.69. The van der Waals surface area contributed by atoms with Crippen LogP contribution in [-0.4, -0.2) is 31.2 Å². The van der Waals surface area contributed by atoms with Crippen LogP contribution in [0.25, 0.3) is 0 Å². The molecule has 1 aliphatic rings. The fraction of sp³-hybridized carbons (Fsp3) is 0.643. The van der Waals surface area contributed by atoms with Gasteiger partial charge in [0.1, 0.15) is 0 Å². The molecule has 1 aromatic rings. The predicted octanol–water partition coefficient (Wildman–Crippen LogP) is 2.04. The highest BCUT2D eigenvalue weighted by Crippen LogP contribution is 2.33. The molecule has 100 valence electrons. The van der Waals surface area contributed by atoms with Crippen LogP contribution in [0.5, 0.6) is 5.75 Å². The fourth-order valence-corrected chi connectivity index (χ4v) is 2.76. The molecule has 0 amide bonds. The Morgan fingerprint density at radius 2 is 2.39 bits per heavy atom. The zero-order valence-corrected chi connectivity index (χ0v) is 11.3. The molecule has 2 heterocycles. The minimum atomic E-state index is 0.382.